The molecule has 3 heterocycles. The number of carbonyl (C=O) groups is 4. The lowest BCUT2D eigenvalue weighted by Crippen LogP contribution is -2.46. The van der Waals surface area contributed by atoms with E-state index < -0.39 is 84.6 Å². The number of anilines is 1. The average molecular weight is 910 g/mol. The Morgan fingerprint density at radius 1 is 1.03 bits per heavy atom. The molecule has 1 aliphatic heterocycles. The van der Waals surface area contributed by atoms with E-state index in [4.69, 9.17) is 19.5 Å². The summed E-state index contributed by atoms with van der Waals surface area (Å²) in [7, 11) is -16.4. The summed E-state index contributed by atoms with van der Waals surface area (Å²) in [6, 6.07) is 0. The van der Waals surface area contributed by atoms with E-state index in [1.165, 1.54) is 13.8 Å². The van der Waals surface area contributed by atoms with Crippen molar-refractivity contribution in [2.24, 2.45) is 17.3 Å². The number of aliphatic hydroxyl groups is 2. The number of nitrogens with two attached hydrogens (primary N) is 1. The predicted octanol–water partition coefficient (Wildman–Crippen LogP) is 0.162. The number of phosphoric ester groups is 3. The van der Waals surface area contributed by atoms with Crippen molar-refractivity contribution in [3.8, 4) is 0 Å². The van der Waals surface area contributed by atoms with Crippen molar-refractivity contribution in [2.75, 3.05) is 37.8 Å². The molecule has 29 heteroatoms. The molecule has 58 heavy (non-hydrogen) atoms. The van der Waals surface area contributed by atoms with Gasteiger partial charge in [-0.1, -0.05) is 53.3 Å². The molecule has 1 aliphatic rings. The summed E-state index contributed by atoms with van der Waals surface area (Å²) in [6.07, 6.45) is -5.97. The maximum atomic E-state index is 12.6. The largest absolute Gasteiger partial charge is 0.481 e. The molecule has 0 bridgehead atoms. The third-order valence-corrected chi connectivity index (χ3v) is 11.8. The number of aromatic nitrogens is 4. The molecular formula is C29H50N7O18P3S. The Morgan fingerprint density at radius 2 is 1.66 bits per heavy atom. The molecule has 3 unspecified atom stereocenters. The normalized spacial score (nSPS) is 21.1. The number of carbonyl (C=O) groups excluding carboxylic acids is 4. The second-order valence-electron chi connectivity index (χ2n) is 13.8. The zero-order valence-corrected chi connectivity index (χ0v) is 35.7. The van der Waals surface area contributed by atoms with Crippen LogP contribution in [0.2, 0.25) is 0 Å². The summed E-state index contributed by atoms with van der Waals surface area (Å²) in [4.78, 5) is 96.4. The Kier molecular flexibility index (Phi) is 19.6. The number of nitrogens with zero attached hydrogens (tertiary/aromatic N) is 4. The molecule has 0 saturated carbocycles. The second-order valence-corrected chi connectivity index (χ2v) is 19.1. The smallest absolute Gasteiger partial charge is 0.386 e. The van der Waals surface area contributed by atoms with E-state index in [-0.39, 0.29) is 53.4 Å². The van der Waals surface area contributed by atoms with Crippen LogP contribution in [0.4, 0.5) is 5.82 Å². The molecule has 1 saturated heterocycles. The molecular weight excluding hydrogens is 859 g/mol. The molecule has 0 radical (unpaired) electrons. The van der Waals surface area contributed by atoms with Crippen LogP contribution < -0.4 is 16.4 Å². The van der Waals surface area contributed by atoms with Gasteiger partial charge in [-0.2, -0.15) is 4.31 Å². The number of hydrogen-bond donors (Lipinski definition) is 9. The topological polar surface area (TPSA) is 381 Å². The summed E-state index contributed by atoms with van der Waals surface area (Å²) in [6.45, 7) is 7.73. The molecule has 3 rings (SSSR count). The molecule has 7 atom stereocenters. The first-order valence-corrected chi connectivity index (χ1v) is 22.7. The van der Waals surface area contributed by atoms with Gasteiger partial charge in [0.1, 0.15) is 42.5 Å². The maximum absolute atomic E-state index is 12.6. The minimum Gasteiger partial charge on any atom is -0.386 e. The predicted molar refractivity (Wildman–Crippen MR) is 203 cm³/mol. The first-order chi connectivity index (χ1) is 26.7. The van der Waals surface area contributed by atoms with Crippen LogP contribution in [0, 0.1) is 17.3 Å². The van der Waals surface area contributed by atoms with Gasteiger partial charge in [-0.3, -0.25) is 32.5 Å². The molecule has 25 nitrogen and oxygen atoms in total. The molecule has 330 valence electrons. The number of imidazole rings is 1. The number of hydrogen-bond acceptors (Lipinski definition) is 19. The Hall–Kier alpha value is -2.77. The number of thioether (sulfide) groups is 1. The third-order valence-electron chi connectivity index (χ3n) is 7.49. The molecule has 0 aromatic carbocycles. The van der Waals surface area contributed by atoms with Gasteiger partial charge in [-0.15, -0.1) is 0 Å². The number of aliphatic hydroxyl groups excluding tert-OH is 2. The Morgan fingerprint density at radius 3 is 2.24 bits per heavy atom. The van der Waals surface area contributed by atoms with Gasteiger partial charge in [0, 0.05) is 42.5 Å². The number of fused-ring (bicyclic) bond motifs is 1. The van der Waals surface area contributed by atoms with Crippen molar-refractivity contribution >= 4 is 75.4 Å². The fourth-order valence-electron chi connectivity index (χ4n) is 4.45. The fourth-order valence-corrected chi connectivity index (χ4v) is 8.02. The molecule has 0 aliphatic carbocycles. The average Bonchev–Trinajstić information content (AvgIpc) is 3.68. The highest BCUT2D eigenvalue weighted by atomic mass is 32.2. The van der Waals surface area contributed by atoms with Crippen LogP contribution in [0.5, 0.6) is 0 Å². The van der Waals surface area contributed by atoms with Crippen LogP contribution >= 0.6 is 35.2 Å². The zero-order chi connectivity index (χ0) is 44.2. The minimum absolute atomic E-state index is 0.0174. The van der Waals surface area contributed by atoms with Gasteiger partial charge in [0.05, 0.1) is 19.5 Å². The summed E-state index contributed by atoms with van der Waals surface area (Å²) >= 11 is 1.08. The van der Waals surface area contributed by atoms with Crippen molar-refractivity contribution in [1.82, 2.24) is 30.2 Å². The van der Waals surface area contributed by atoms with Gasteiger partial charge in [-0.05, 0) is 0 Å². The van der Waals surface area contributed by atoms with Crippen molar-refractivity contribution in [3.05, 3.63) is 12.7 Å². The Balaban J connectivity index is 0.00000218. The lowest BCUT2D eigenvalue weighted by Gasteiger charge is -2.30. The van der Waals surface area contributed by atoms with E-state index in [0.717, 1.165) is 35.3 Å². The van der Waals surface area contributed by atoms with Crippen molar-refractivity contribution < 1.29 is 85.3 Å². The quantitative estimate of drug-likeness (QED) is 0.0457. The summed E-state index contributed by atoms with van der Waals surface area (Å²) in [5.74, 6) is -1.02. The van der Waals surface area contributed by atoms with Crippen molar-refractivity contribution in [1.29, 1.82) is 0 Å². The molecule has 0 spiro atoms. The lowest BCUT2D eigenvalue weighted by molar-refractivity contribution is -0.137. The van der Waals surface area contributed by atoms with E-state index in [9.17, 15) is 62.7 Å². The number of nitrogen functional groups attached to an aromatic ring is 1. The number of nitrogens with one attached hydrogen (secondary N) is 2. The van der Waals surface area contributed by atoms with Gasteiger partial charge in [-0.25, -0.2) is 28.6 Å². The maximum Gasteiger partial charge on any atom is 0.481 e. The highest BCUT2D eigenvalue weighted by molar-refractivity contribution is 8.13. The molecule has 2 aromatic heterocycles. The van der Waals surface area contributed by atoms with Gasteiger partial charge >= 0.3 is 23.5 Å². The highest BCUT2D eigenvalue weighted by Gasteiger charge is 2.50. The SMILES string of the molecule is CC(C)C(=O)SCCNC(=O)CCNC(=O)C(O)C(C)(C)COP(=O)(O)OP(=O)(O)OC[C@H]1O[C@@H](n2cnc3c(N)ncnc32)[C@H](O)[C@@H]1OP(=O)(O)O.CC(C)C=O. The second kappa shape index (κ2) is 22.2. The van der Waals surface area contributed by atoms with Crippen LogP contribution in [-0.2, 0) is 55.5 Å². The minimum atomic E-state index is -5.56. The number of rotatable bonds is 21. The summed E-state index contributed by atoms with van der Waals surface area (Å²) < 4.78 is 61.9. The van der Waals surface area contributed by atoms with Crippen LogP contribution in [0.1, 0.15) is 54.2 Å². The fraction of sp³-hybridized carbons (Fsp3) is 0.690. The van der Waals surface area contributed by atoms with E-state index >= 15 is 0 Å². The molecule has 2 aromatic rings. The van der Waals surface area contributed by atoms with Crippen LogP contribution in [0.25, 0.3) is 11.2 Å². The van der Waals surface area contributed by atoms with Crippen molar-refractivity contribution in [2.45, 2.75) is 78.6 Å². The molecule has 2 amide bonds. The van der Waals surface area contributed by atoms with E-state index in [1.807, 2.05) is 13.8 Å². The number of phosphoric acid groups is 3. The summed E-state index contributed by atoms with van der Waals surface area (Å²) in [5, 5.41) is 26.3. The number of aldehydes is 1. The summed E-state index contributed by atoms with van der Waals surface area (Å²) in [5.41, 5.74) is 4.26. The lowest BCUT2D eigenvalue weighted by atomic mass is 9.87. The monoisotopic (exact) mass is 909 g/mol. The van der Waals surface area contributed by atoms with Crippen LogP contribution in [0.3, 0.4) is 0 Å². The number of ether oxygens (including phenoxy) is 1. The first-order valence-electron chi connectivity index (χ1n) is 17.2. The van der Waals surface area contributed by atoms with Crippen LogP contribution in [-0.4, -0.2) is 129 Å². The van der Waals surface area contributed by atoms with Gasteiger partial charge in [0.25, 0.3) is 0 Å². The standard InChI is InChI=1S/C25H42N7O17P3S.C4H8O/c1-13(2)24(37)53-8-7-27-15(33)5-6-28-22(36)19(35)25(3,4)10-46-52(43,44)49-51(41,42)45-9-14-18(48-50(38,39)40)17(34)23(47-14)32-12-31-16-20(26)29-11-30-21(16)32;1-4(2)3-5/h11-14,17-19,23,34-35H,5-10H2,1-4H3,(H,27,33)(H,28,36)(H,41,42)(H,43,44)(H2,26,29,30)(H2,38,39,40);3-4H,1-2H3/t14-,17-,18-,19?,23-;/m1./s1. The van der Waals surface area contributed by atoms with Crippen LogP contribution in [0.15, 0.2) is 12.7 Å². The number of amides is 2. The van der Waals surface area contributed by atoms with E-state index in [1.54, 1.807) is 13.8 Å². The first kappa shape index (κ1) is 51.4. The third kappa shape index (κ3) is 16.7. The van der Waals surface area contributed by atoms with E-state index in [0.29, 0.717) is 5.75 Å². The zero-order valence-electron chi connectivity index (χ0n) is 32.2. The van der Waals surface area contributed by atoms with E-state index in [2.05, 4.69) is 34.4 Å². The molecule has 10 N–H and O–H groups in total. The highest BCUT2D eigenvalue weighted by Crippen LogP contribution is 2.61. The Labute approximate surface area is 336 Å². The van der Waals surface area contributed by atoms with Gasteiger partial charge in [0.15, 0.2) is 22.8 Å². The Bertz CT molecular complexity index is 1860. The van der Waals surface area contributed by atoms with Crippen molar-refractivity contribution in [3.63, 3.8) is 0 Å². The molecule has 1 fully saturated rings. The van der Waals surface area contributed by atoms with Gasteiger partial charge < -0.3 is 55.7 Å². The van der Waals surface area contributed by atoms with Gasteiger partial charge in [0.2, 0.25) is 11.8 Å².